The molecule has 0 saturated carbocycles. The number of benzene rings is 2. The molecule has 1 aliphatic rings. The van der Waals surface area contributed by atoms with Crippen molar-refractivity contribution in [3.63, 3.8) is 0 Å². The van der Waals surface area contributed by atoms with Gasteiger partial charge in [-0.05, 0) is 58.5 Å². The monoisotopic (exact) mass is 502 g/mol. The van der Waals surface area contributed by atoms with Gasteiger partial charge in [0.05, 0.1) is 24.8 Å². The lowest BCUT2D eigenvalue weighted by Crippen LogP contribution is -2.48. The summed E-state index contributed by atoms with van der Waals surface area (Å²) in [6.07, 6.45) is -1.80. The molecule has 1 unspecified atom stereocenters. The number of morpholine rings is 1. The van der Waals surface area contributed by atoms with E-state index in [-0.39, 0.29) is 29.9 Å². The first-order valence-corrected chi connectivity index (χ1v) is 11.9. The van der Waals surface area contributed by atoms with Crippen LogP contribution in [0.15, 0.2) is 34.7 Å². The summed E-state index contributed by atoms with van der Waals surface area (Å²) >= 11 is 0. The highest BCUT2D eigenvalue weighted by Crippen LogP contribution is 2.39. The molecular formula is C27H32F2N2O5. The molecule has 2 aromatic carbocycles. The van der Waals surface area contributed by atoms with Crippen molar-refractivity contribution in [3.05, 3.63) is 58.7 Å². The molecule has 0 bridgehead atoms. The van der Waals surface area contributed by atoms with E-state index in [2.05, 4.69) is 5.32 Å². The van der Waals surface area contributed by atoms with Crippen LogP contribution in [0, 0.1) is 18.6 Å². The van der Waals surface area contributed by atoms with Crippen molar-refractivity contribution in [2.45, 2.75) is 52.0 Å². The van der Waals surface area contributed by atoms with E-state index in [1.165, 1.54) is 7.05 Å². The summed E-state index contributed by atoms with van der Waals surface area (Å²) in [7, 11) is 1.48. The molecular weight excluding hydrogens is 470 g/mol. The number of nitrogens with one attached hydrogen (secondary N) is 1. The predicted octanol–water partition coefficient (Wildman–Crippen LogP) is 5.08. The van der Waals surface area contributed by atoms with Crippen LogP contribution >= 0.6 is 0 Å². The Labute approximate surface area is 209 Å². The summed E-state index contributed by atoms with van der Waals surface area (Å²) in [5.41, 5.74) is 1.14. The average Bonchev–Trinajstić information content (AvgIpc) is 3.13. The lowest BCUT2D eigenvalue weighted by molar-refractivity contribution is -0.0414. The molecule has 2 atom stereocenters. The molecule has 1 aliphatic heterocycles. The van der Waals surface area contributed by atoms with E-state index in [0.717, 1.165) is 17.7 Å². The number of amides is 1. The molecule has 3 aromatic rings. The molecule has 1 aromatic heterocycles. The second-order valence-electron chi connectivity index (χ2n) is 10.1. The maximum atomic E-state index is 15.2. The third-order valence-electron chi connectivity index (χ3n) is 6.05. The van der Waals surface area contributed by atoms with Gasteiger partial charge in [0.15, 0.2) is 0 Å². The Balaban J connectivity index is 1.72. The molecule has 4 rings (SSSR count). The standard InChI is InChI=1S/C27H32F2N2O5/c1-15-6-7-18-19(13-17-14-31(8-9-34-17)26(33)36-27(2,3)4)24(35-22(18)10-15)23-20(28)11-16(12-21(23)29)25(32)30-5/h6-7,10-12,17,25,30,32H,8-9,13-14H2,1-5H3/t17-,25?/m0/s1. The Bertz CT molecular complexity index is 1240. The quantitative estimate of drug-likeness (QED) is 0.474. The van der Waals surface area contributed by atoms with Gasteiger partial charge in [-0.25, -0.2) is 13.6 Å². The zero-order chi connectivity index (χ0) is 26.2. The summed E-state index contributed by atoms with van der Waals surface area (Å²) in [6, 6.07) is 7.74. The van der Waals surface area contributed by atoms with Crippen molar-refractivity contribution >= 4 is 17.1 Å². The third kappa shape index (κ3) is 5.53. The van der Waals surface area contributed by atoms with Crippen LogP contribution in [0.2, 0.25) is 0 Å². The number of furan rings is 1. The summed E-state index contributed by atoms with van der Waals surface area (Å²) in [4.78, 5) is 14.2. The SMILES string of the molecule is CNC(O)c1cc(F)c(-c2oc3cc(C)ccc3c2C[C@H]2CN(C(=O)OC(C)(C)C)CCO2)c(F)c1. The maximum Gasteiger partial charge on any atom is 0.410 e. The smallest absolute Gasteiger partial charge is 0.410 e. The molecule has 36 heavy (non-hydrogen) atoms. The fourth-order valence-corrected chi connectivity index (χ4v) is 4.36. The first-order valence-electron chi connectivity index (χ1n) is 11.9. The summed E-state index contributed by atoms with van der Waals surface area (Å²) in [5.74, 6) is -1.64. The van der Waals surface area contributed by atoms with Gasteiger partial charge in [-0.15, -0.1) is 0 Å². The number of hydrogen-bond acceptors (Lipinski definition) is 6. The normalized spacial score (nSPS) is 17.4. The average molecular weight is 503 g/mol. The molecule has 1 fully saturated rings. The summed E-state index contributed by atoms with van der Waals surface area (Å²) in [6.45, 7) is 8.29. The van der Waals surface area contributed by atoms with Crippen LogP contribution in [0.5, 0.6) is 0 Å². The number of aliphatic hydroxyl groups excluding tert-OH is 1. The number of aliphatic hydroxyl groups is 1. The zero-order valence-electron chi connectivity index (χ0n) is 21.2. The van der Waals surface area contributed by atoms with E-state index in [0.29, 0.717) is 29.7 Å². The zero-order valence-corrected chi connectivity index (χ0v) is 21.2. The second-order valence-corrected chi connectivity index (χ2v) is 10.1. The molecule has 2 N–H and O–H groups in total. The highest BCUT2D eigenvalue weighted by atomic mass is 19.1. The Morgan fingerprint density at radius 1 is 1.25 bits per heavy atom. The number of fused-ring (bicyclic) bond motifs is 1. The van der Waals surface area contributed by atoms with Crippen LogP contribution in [0.4, 0.5) is 13.6 Å². The van der Waals surface area contributed by atoms with Crippen molar-refractivity contribution in [2.75, 3.05) is 26.7 Å². The molecule has 2 heterocycles. The van der Waals surface area contributed by atoms with Crippen molar-refractivity contribution in [1.82, 2.24) is 10.2 Å². The van der Waals surface area contributed by atoms with Crippen molar-refractivity contribution in [3.8, 4) is 11.3 Å². The number of carbonyl (C=O) groups excluding carboxylic acids is 1. The van der Waals surface area contributed by atoms with Gasteiger partial charge in [-0.1, -0.05) is 12.1 Å². The van der Waals surface area contributed by atoms with Gasteiger partial charge in [0.25, 0.3) is 0 Å². The largest absolute Gasteiger partial charge is 0.456 e. The minimum absolute atomic E-state index is 0.0633. The molecule has 194 valence electrons. The first-order chi connectivity index (χ1) is 17.0. The topological polar surface area (TPSA) is 84.2 Å². The van der Waals surface area contributed by atoms with E-state index in [1.54, 1.807) is 25.7 Å². The van der Waals surface area contributed by atoms with E-state index in [9.17, 15) is 9.90 Å². The maximum absolute atomic E-state index is 15.2. The van der Waals surface area contributed by atoms with Gasteiger partial charge in [0, 0.05) is 29.5 Å². The van der Waals surface area contributed by atoms with Crippen LogP contribution in [0.3, 0.4) is 0 Å². The van der Waals surface area contributed by atoms with Gasteiger partial charge in [-0.2, -0.15) is 0 Å². The van der Waals surface area contributed by atoms with E-state index in [4.69, 9.17) is 13.9 Å². The summed E-state index contributed by atoms with van der Waals surface area (Å²) < 4.78 is 47.9. The van der Waals surface area contributed by atoms with Crippen LogP contribution < -0.4 is 5.32 Å². The van der Waals surface area contributed by atoms with Gasteiger partial charge in [-0.3, -0.25) is 5.32 Å². The molecule has 0 aliphatic carbocycles. The number of ether oxygens (including phenoxy) is 2. The Morgan fingerprint density at radius 3 is 2.58 bits per heavy atom. The third-order valence-corrected chi connectivity index (χ3v) is 6.05. The first kappa shape index (κ1) is 26.1. The van der Waals surface area contributed by atoms with Gasteiger partial charge >= 0.3 is 6.09 Å². The number of hydrogen-bond donors (Lipinski definition) is 2. The molecule has 7 nitrogen and oxygen atoms in total. The number of nitrogens with zero attached hydrogens (tertiary/aromatic N) is 1. The fraction of sp³-hybridized carbons (Fsp3) is 0.444. The molecule has 9 heteroatoms. The Kier molecular flexibility index (Phi) is 7.36. The Hall–Kier alpha value is -3.01. The lowest BCUT2D eigenvalue weighted by Gasteiger charge is -2.34. The lowest BCUT2D eigenvalue weighted by atomic mass is 9.97. The highest BCUT2D eigenvalue weighted by Gasteiger charge is 2.31. The second kappa shape index (κ2) is 10.2. The summed E-state index contributed by atoms with van der Waals surface area (Å²) in [5, 5.41) is 13.2. The highest BCUT2D eigenvalue weighted by molar-refractivity contribution is 5.88. The van der Waals surface area contributed by atoms with Crippen LogP contribution in [0.25, 0.3) is 22.3 Å². The minimum atomic E-state index is -1.21. The van der Waals surface area contributed by atoms with Crippen LogP contribution in [-0.4, -0.2) is 54.5 Å². The number of rotatable bonds is 5. The van der Waals surface area contributed by atoms with Gasteiger partial charge in [0.2, 0.25) is 0 Å². The Morgan fingerprint density at radius 2 is 1.94 bits per heavy atom. The number of aryl methyl sites for hydroxylation is 1. The molecule has 0 radical (unpaired) electrons. The predicted molar refractivity (Wildman–Crippen MR) is 132 cm³/mol. The fourth-order valence-electron chi connectivity index (χ4n) is 4.36. The van der Waals surface area contributed by atoms with E-state index < -0.39 is 35.7 Å². The molecule has 1 amide bonds. The van der Waals surface area contributed by atoms with E-state index in [1.807, 2.05) is 25.1 Å². The van der Waals surface area contributed by atoms with Crippen molar-refractivity contribution in [2.24, 2.45) is 0 Å². The van der Waals surface area contributed by atoms with Gasteiger partial charge in [0.1, 0.15) is 34.8 Å². The van der Waals surface area contributed by atoms with Crippen molar-refractivity contribution in [1.29, 1.82) is 0 Å². The van der Waals surface area contributed by atoms with Gasteiger partial charge < -0.3 is 23.9 Å². The molecule has 0 spiro atoms. The van der Waals surface area contributed by atoms with Crippen LogP contribution in [-0.2, 0) is 15.9 Å². The number of carbonyl (C=O) groups is 1. The molecule has 1 saturated heterocycles. The number of halogens is 2. The van der Waals surface area contributed by atoms with E-state index >= 15 is 8.78 Å². The van der Waals surface area contributed by atoms with Crippen LogP contribution in [0.1, 0.15) is 43.7 Å². The minimum Gasteiger partial charge on any atom is -0.456 e. The van der Waals surface area contributed by atoms with Crippen molar-refractivity contribution < 1.29 is 32.6 Å².